The van der Waals surface area contributed by atoms with E-state index in [2.05, 4.69) is 14.8 Å². The van der Waals surface area contributed by atoms with E-state index in [9.17, 15) is 23.3 Å². The molecule has 0 bridgehead atoms. The molecule has 3 aromatic rings. The molecule has 0 N–H and O–H groups in total. The van der Waals surface area contributed by atoms with Crippen molar-refractivity contribution >= 4 is 11.5 Å². The minimum absolute atomic E-state index is 0.227. The minimum atomic E-state index is -4.35. The monoisotopic (exact) mass is 547 g/mol. The highest BCUT2D eigenvalue weighted by molar-refractivity contribution is 5.49. The summed E-state index contributed by atoms with van der Waals surface area (Å²) in [4.78, 5) is 18.8. The quantitative estimate of drug-likeness (QED) is 0.290. The van der Waals surface area contributed by atoms with Crippen LogP contribution in [0.5, 0.6) is 17.5 Å². The zero-order valence-electron chi connectivity index (χ0n) is 21.0. The van der Waals surface area contributed by atoms with Crippen molar-refractivity contribution in [3.63, 3.8) is 0 Å². The van der Waals surface area contributed by atoms with E-state index in [4.69, 9.17) is 14.2 Å². The lowest BCUT2D eigenvalue weighted by Crippen LogP contribution is -2.47. The second-order valence-corrected chi connectivity index (χ2v) is 9.36. The zero-order valence-corrected chi connectivity index (χ0v) is 21.0. The predicted molar refractivity (Wildman–Crippen MR) is 135 cm³/mol. The van der Waals surface area contributed by atoms with Crippen molar-refractivity contribution in [2.45, 2.75) is 25.2 Å². The van der Waals surface area contributed by atoms with Crippen molar-refractivity contribution in [3.05, 3.63) is 70.4 Å². The van der Waals surface area contributed by atoms with Gasteiger partial charge in [0.25, 0.3) is 0 Å². The molecule has 1 atom stereocenters. The summed E-state index contributed by atoms with van der Waals surface area (Å²) < 4.78 is 56.9. The third kappa shape index (κ3) is 6.72. The first-order chi connectivity index (χ1) is 18.7. The number of aromatic nitrogens is 2. The van der Waals surface area contributed by atoms with E-state index in [1.54, 1.807) is 4.57 Å². The first-order valence-corrected chi connectivity index (χ1v) is 12.6. The number of halogens is 3. The van der Waals surface area contributed by atoms with Crippen LogP contribution in [0.15, 0.2) is 54.7 Å². The Kier molecular flexibility index (Phi) is 7.77. The third-order valence-electron chi connectivity index (χ3n) is 6.75. The molecule has 3 heterocycles. The number of ether oxygens (including phenoxy) is 3. The van der Waals surface area contributed by atoms with Crippen LogP contribution in [0.3, 0.4) is 0 Å². The maximum Gasteiger partial charge on any atom is 0.416 e. The van der Waals surface area contributed by atoms with Crippen molar-refractivity contribution in [1.29, 1.82) is 0 Å². The molecule has 0 aliphatic carbocycles. The van der Waals surface area contributed by atoms with Gasteiger partial charge in [0.05, 0.1) is 5.56 Å². The average molecular weight is 548 g/mol. The molecule has 1 aromatic heterocycles. The maximum absolute atomic E-state index is 12.7. The van der Waals surface area contributed by atoms with Crippen LogP contribution in [0.25, 0.3) is 0 Å². The second-order valence-electron chi connectivity index (χ2n) is 9.36. The minimum Gasteiger partial charge on any atom is -0.492 e. The molecular weight excluding hydrogens is 519 g/mol. The van der Waals surface area contributed by atoms with E-state index in [1.807, 2.05) is 24.3 Å². The van der Waals surface area contributed by atoms with Crippen molar-refractivity contribution in [3.8, 4) is 17.5 Å². The van der Waals surface area contributed by atoms with E-state index < -0.39 is 16.7 Å². The molecular formula is C26H28F3N5O5. The molecule has 10 nitrogen and oxygen atoms in total. The topological polar surface area (TPSA) is 95.1 Å². The lowest BCUT2D eigenvalue weighted by Gasteiger charge is -2.36. The number of rotatable bonds is 9. The fourth-order valence-electron chi connectivity index (χ4n) is 4.54. The highest BCUT2D eigenvalue weighted by atomic mass is 19.4. The van der Waals surface area contributed by atoms with Crippen LogP contribution in [0, 0.1) is 10.1 Å². The number of nitro groups is 1. The van der Waals surface area contributed by atoms with E-state index >= 15 is 0 Å². The van der Waals surface area contributed by atoms with Gasteiger partial charge in [-0.3, -0.25) is 9.47 Å². The van der Waals surface area contributed by atoms with Gasteiger partial charge in [-0.05, 0) is 53.5 Å². The molecule has 1 unspecified atom stereocenters. The van der Waals surface area contributed by atoms with Gasteiger partial charge in [0, 0.05) is 56.4 Å². The fourth-order valence-corrected chi connectivity index (χ4v) is 4.54. The highest BCUT2D eigenvalue weighted by Crippen LogP contribution is 2.30. The Balaban J connectivity index is 1.02. The lowest BCUT2D eigenvalue weighted by molar-refractivity contribution is -0.389. The van der Waals surface area contributed by atoms with Crippen molar-refractivity contribution in [2.24, 2.45) is 0 Å². The van der Waals surface area contributed by atoms with E-state index in [-0.39, 0.29) is 17.9 Å². The largest absolute Gasteiger partial charge is 0.492 e. The molecule has 1 fully saturated rings. The summed E-state index contributed by atoms with van der Waals surface area (Å²) in [5.74, 6) is 0.907. The van der Waals surface area contributed by atoms with Gasteiger partial charge in [-0.25, -0.2) is 0 Å². The molecule has 0 amide bonds. The van der Waals surface area contributed by atoms with Gasteiger partial charge >= 0.3 is 18.0 Å². The Morgan fingerprint density at radius 2 is 1.64 bits per heavy atom. The molecule has 2 aliphatic heterocycles. The molecule has 5 rings (SSSR count). The SMILES string of the molecule is O=[N+]([O-])c1cn2c(n1)OC(COc1ccc(N3CCN(CCOc4ccc(C(F)(F)F)cc4)CC3)cc1)CC2. The van der Waals surface area contributed by atoms with Crippen molar-refractivity contribution in [1.82, 2.24) is 14.5 Å². The lowest BCUT2D eigenvalue weighted by atomic mass is 10.2. The Morgan fingerprint density at radius 1 is 0.974 bits per heavy atom. The number of hydrogen-bond acceptors (Lipinski definition) is 8. The number of fused-ring (bicyclic) bond motifs is 1. The van der Waals surface area contributed by atoms with Crippen LogP contribution < -0.4 is 19.1 Å². The summed E-state index contributed by atoms with van der Waals surface area (Å²) in [5.41, 5.74) is 0.402. The first-order valence-electron chi connectivity index (χ1n) is 12.6. The number of anilines is 1. The molecule has 0 saturated carbocycles. The molecule has 2 aliphatic rings. The number of hydrogen-bond donors (Lipinski definition) is 0. The summed E-state index contributed by atoms with van der Waals surface area (Å²) in [7, 11) is 0. The number of aryl methyl sites for hydroxylation is 1. The number of alkyl halides is 3. The maximum atomic E-state index is 12.7. The average Bonchev–Trinajstić information content (AvgIpc) is 3.37. The zero-order chi connectivity index (χ0) is 27.4. The van der Waals surface area contributed by atoms with Gasteiger partial charge in [-0.2, -0.15) is 13.2 Å². The molecule has 208 valence electrons. The van der Waals surface area contributed by atoms with Gasteiger partial charge < -0.3 is 29.2 Å². The number of piperazine rings is 1. The van der Waals surface area contributed by atoms with Gasteiger partial charge in [0.2, 0.25) is 0 Å². The molecule has 1 saturated heterocycles. The summed E-state index contributed by atoms with van der Waals surface area (Å²) in [6, 6.07) is 12.8. The van der Waals surface area contributed by atoms with Crippen molar-refractivity contribution < 1.29 is 32.3 Å². The summed E-state index contributed by atoms with van der Waals surface area (Å²) in [6.07, 6.45) is -2.55. The first kappa shape index (κ1) is 26.6. The second kappa shape index (κ2) is 11.4. The molecule has 13 heteroatoms. The van der Waals surface area contributed by atoms with Crippen LogP contribution >= 0.6 is 0 Å². The molecule has 39 heavy (non-hydrogen) atoms. The summed E-state index contributed by atoms with van der Waals surface area (Å²) in [5, 5.41) is 10.9. The molecule has 2 aromatic carbocycles. The normalized spacial score (nSPS) is 17.8. The van der Waals surface area contributed by atoms with E-state index in [0.717, 1.165) is 44.0 Å². The number of nitrogens with zero attached hydrogens (tertiary/aromatic N) is 5. The van der Waals surface area contributed by atoms with Crippen LogP contribution in [0.4, 0.5) is 24.7 Å². The van der Waals surface area contributed by atoms with Gasteiger partial charge in [0.15, 0.2) is 0 Å². The van der Waals surface area contributed by atoms with E-state index in [0.29, 0.717) is 44.2 Å². The predicted octanol–water partition coefficient (Wildman–Crippen LogP) is 4.24. The Bertz CT molecular complexity index is 1260. The fraction of sp³-hybridized carbons (Fsp3) is 0.423. The highest BCUT2D eigenvalue weighted by Gasteiger charge is 2.30. The molecule has 0 spiro atoms. The Labute approximate surface area is 222 Å². The smallest absolute Gasteiger partial charge is 0.416 e. The van der Waals surface area contributed by atoms with Crippen LogP contribution in [-0.4, -0.2) is 71.4 Å². The van der Waals surface area contributed by atoms with Gasteiger partial charge in [-0.15, -0.1) is 0 Å². The van der Waals surface area contributed by atoms with E-state index in [1.165, 1.54) is 18.3 Å². The van der Waals surface area contributed by atoms with Gasteiger partial charge in [0.1, 0.15) is 37.0 Å². The van der Waals surface area contributed by atoms with Gasteiger partial charge in [-0.1, -0.05) is 0 Å². The summed E-state index contributed by atoms with van der Waals surface area (Å²) in [6.45, 7) is 5.37. The van der Waals surface area contributed by atoms with Crippen LogP contribution in [0.2, 0.25) is 0 Å². The number of imidazole rings is 1. The Hall–Kier alpha value is -4.00. The third-order valence-corrected chi connectivity index (χ3v) is 6.75. The van der Waals surface area contributed by atoms with Crippen LogP contribution in [0.1, 0.15) is 12.0 Å². The van der Waals surface area contributed by atoms with Crippen LogP contribution in [-0.2, 0) is 12.7 Å². The Morgan fingerprint density at radius 3 is 2.31 bits per heavy atom. The summed E-state index contributed by atoms with van der Waals surface area (Å²) >= 11 is 0. The standard InChI is InChI=1S/C26H28F3N5O5/c27-26(28,29)19-1-5-21(6-2-19)37-16-15-31-11-13-32(14-12-31)20-3-7-22(8-4-20)38-18-23-9-10-33-17-24(34(35)36)30-25(33)39-23/h1-8,17,23H,9-16,18H2. The molecule has 0 radical (unpaired) electrons. The van der Waals surface area contributed by atoms with Crippen molar-refractivity contribution in [2.75, 3.05) is 50.8 Å². The number of benzene rings is 2.